The van der Waals surface area contributed by atoms with Crippen molar-refractivity contribution in [2.24, 2.45) is 0 Å². The summed E-state index contributed by atoms with van der Waals surface area (Å²) in [6.07, 6.45) is 0.821. The van der Waals surface area contributed by atoms with Crippen LogP contribution in [0.4, 0.5) is 5.69 Å². The Bertz CT molecular complexity index is 427. The SMILES string of the molecule is Cc1cc(C=O)ccc1N(C)CC(=O)N(C)C. The molecule has 1 rings (SSSR count). The number of anilines is 1. The zero-order chi connectivity index (χ0) is 13.0. The smallest absolute Gasteiger partial charge is 0.241 e. The van der Waals surface area contributed by atoms with E-state index in [1.165, 1.54) is 0 Å². The number of carbonyl (C=O) groups is 2. The van der Waals surface area contributed by atoms with Gasteiger partial charge in [0.25, 0.3) is 0 Å². The number of rotatable bonds is 4. The van der Waals surface area contributed by atoms with E-state index in [0.717, 1.165) is 17.5 Å². The number of benzene rings is 1. The first-order valence-corrected chi connectivity index (χ1v) is 5.43. The van der Waals surface area contributed by atoms with Gasteiger partial charge in [0.15, 0.2) is 0 Å². The van der Waals surface area contributed by atoms with E-state index < -0.39 is 0 Å². The van der Waals surface area contributed by atoms with Gasteiger partial charge in [-0.2, -0.15) is 0 Å². The Morgan fingerprint density at radius 2 is 1.94 bits per heavy atom. The lowest BCUT2D eigenvalue weighted by atomic mass is 10.1. The minimum atomic E-state index is 0.0476. The number of likely N-dealkylation sites (N-methyl/N-ethyl adjacent to an activating group) is 2. The van der Waals surface area contributed by atoms with Crippen LogP contribution >= 0.6 is 0 Å². The van der Waals surface area contributed by atoms with Crippen LogP contribution in [0, 0.1) is 6.92 Å². The monoisotopic (exact) mass is 234 g/mol. The Morgan fingerprint density at radius 3 is 2.41 bits per heavy atom. The van der Waals surface area contributed by atoms with Crippen LogP contribution in [0.3, 0.4) is 0 Å². The summed E-state index contributed by atoms with van der Waals surface area (Å²) < 4.78 is 0. The number of hydrogen-bond acceptors (Lipinski definition) is 3. The molecule has 0 aliphatic heterocycles. The van der Waals surface area contributed by atoms with E-state index in [9.17, 15) is 9.59 Å². The van der Waals surface area contributed by atoms with Crippen LogP contribution in [0.1, 0.15) is 15.9 Å². The Labute approximate surface area is 102 Å². The lowest BCUT2D eigenvalue weighted by Crippen LogP contribution is -2.34. The minimum Gasteiger partial charge on any atom is -0.365 e. The summed E-state index contributed by atoms with van der Waals surface area (Å²) in [7, 11) is 5.33. The van der Waals surface area contributed by atoms with Crippen molar-refractivity contribution < 1.29 is 9.59 Å². The molecule has 0 heterocycles. The second-order valence-corrected chi connectivity index (χ2v) is 4.31. The fourth-order valence-corrected chi connectivity index (χ4v) is 1.61. The highest BCUT2D eigenvalue weighted by Crippen LogP contribution is 2.19. The van der Waals surface area contributed by atoms with E-state index in [2.05, 4.69) is 0 Å². The van der Waals surface area contributed by atoms with Crippen molar-refractivity contribution in [1.82, 2.24) is 4.90 Å². The van der Waals surface area contributed by atoms with Gasteiger partial charge in [-0.15, -0.1) is 0 Å². The summed E-state index contributed by atoms with van der Waals surface area (Å²) in [6.45, 7) is 2.26. The summed E-state index contributed by atoms with van der Waals surface area (Å²) >= 11 is 0. The van der Waals surface area contributed by atoms with Gasteiger partial charge in [-0.05, 0) is 30.7 Å². The van der Waals surface area contributed by atoms with E-state index >= 15 is 0 Å². The number of aldehydes is 1. The number of hydrogen-bond donors (Lipinski definition) is 0. The maximum atomic E-state index is 11.6. The summed E-state index contributed by atoms with van der Waals surface area (Å²) in [5, 5.41) is 0. The molecule has 0 saturated carbocycles. The summed E-state index contributed by atoms with van der Waals surface area (Å²) in [5.74, 6) is 0.0476. The first-order valence-electron chi connectivity index (χ1n) is 5.43. The highest BCUT2D eigenvalue weighted by Gasteiger charge is 2.11. The van der Waals surface area contributed by atoms with Crippen LogP contribution in [0.5, 0.6) is 0 Å². The number of amides is 1. The molecule has 0 aliphatic carbocycles. The normalized spacial score (nSPS) is 9.88. The summed E-state index contributed by atoms with van der Waals surface area (Å²) in [4.78, 5) is 25.7. The van der Waals surface area contributed by atoms with Crippen LogP contribution < -0.4 is 4.90 Å². The molecule has 0 atom stereocenters. The maximum absolute atomic E-state index is 11.6. The highest BCUT2D eigenvalue weighted by molar-refractivity contribution is 5.82. The van der Waals surface area contributed by atoms with Gasteiger partial charge in [-0.25, -0.2) is 0 Å². The van der Waals surface area contributed by atoms with Crippen LogP contribution in [-0.2, 0) is 4.79 Å². The quantitative estimate of drug-likeness (QED) is 0.738. The molecule has 92 valence electrons. The molecule has 0 fully saturated rings. The molecule has 0 aromatic heterocycles. The third-order valence-corrected chi connectivity index (χ3v) is 2.64. The Kier molecular flexibility index (Phi) is 4.26. The van der Waals surface area contributed by atoms with Crippen molar-refractivity contribution in [2.75, 3.05) is 32.6 Å². The van der Waals surface area contributed by atoms with Crippen LogP contribution in [0.15, 0.2) is 18.2 Å². The summed E-state index contributed by atoms with van der Waals surface area (Å²) in [5.41, 5.74) is 2.60. The maximum Gasteiger partial charge on any atom is 0.241 e. The molecule has 0 aliphatic rings. The largest absolute Gasteiger partial charge is 0.365 e. The topological polar surface area (TPSA) is 40.6 Å². The van der Waals surface area contributed by atoms with Gasteiger partial charge < -0.3 is 9.80 Å². The zero-order valence-corrected chi connectivity index (χ0v) is 10.7. The molecule has 17 heavy (non-hydrogen) atoms. The molecule has 0 radical (unpaired) electrons. The third-order valence-electron chi connectivity index (χ3n) is 2.64. The number of nitrogens with zero attached hydrogens (tertiary/aromatic N) is 2. The first-order chi connectivity index (χ1) is 7.95. The van der Waals surface area contributed by atoms with E-state index in [1.54, 1.807) is 25.1 Å². The van der Waals surface area contributed by atoms with Crippen molar-refractivity contribution in [1.29, 1.82) is 0 Å². The van der Waals surface area contributed by atoms with Gasteiger partial charge in [-0.1, -0.05) is 0 Å². The van der Waals surface area contributed by atoms with Gasteiger partial charge in [0, 0.05) is 32.4 Å². The van der Waals surface area contributed by atoms with Crippen molar-refractivity contribution in [3.8, 4) is 0 Å². The minimum absolute atomic E-state index is 0.0476. The molecule has 1 aromatic rings. The molecule has 0 unspecified atom stereocenters. The Hall–Kier alpha value is -1.84. The molecule has 4 nitrogen and oxygen atoms in total. The van der Waals surface area contributed by atoms with Crippen LogP contribution in [-0.4, -0.2) is 44.8 Å². The predicted molar refractivity (Wildman–Crippen MR) is 68.5 cm³/mol. The standard InChI is InChI=1S/C13H18N2O2/c1-10-7-11(9-16)5-6-12(10)15(4)8-13(17)14(2)3/h5-7,9H,8H2,1-4H3. The lowest BCUT2D eigenvalue weighted by Gasteiger charge is -2.22. The average Bonchev–Trinajstić information content (AvgIpc) is 2.28. The van der Waals surface area contributed by atoms with Crippen LogP contribution in [0.25, 0.3) is 0 Å². The molecule has 1 amide bonds. The van der Waals surface area contributed by atoms with Crippen molar-refractivity contribution >= 4 is 17.9 Å². The van der Waals surface area contributed by atoms with E-state index in [1.807, 2.05) is 31.0 Å². The molecule has 0 saturated heterocycles. The van der Waals surface area contributed by atoms with Gasteiger partial charge in [-0.3, -0.25) is 9.59 Å². The predicted octanol–water partition coefficient (Wildman–Crippen LogP) is 1.33. The fraction of sp³-hybridized carbons (Fsp3) is 0.385. The molecule has 0 N–H and O–H groups in total. The fourth-order valence-electron chi connectivity index (χ4n) is 1.61. The second-order valence-electron chi connectivity index (χ2n) is 4.31. The van der Waals surface area contributed by atoms with Crippen LogP contribution in [0.2, 0.25) is 0 Å². The van der Waals surface area contributed by atoms with E-state index in [4.69, 9.17) is 0 Å². The van der Waals surface area contributed by atoms with E-state index in [-0.39, 0.29) is 5.91 Å². The number of carbonyl (C=O) groups excluding carboxylic acids is 2. The average molecular weight is 234 g/mol. The Morgan fingerprint density at radius 1 is 1.29 bits per heavy atom. The molecule has 4 heteroatoms. The lowest BCUT2D eigenvalue weighted by molar-refractivity contribution is -0.127. The van der Waals surface area contributed by atoms with E-state index in [0.29, 0.717) is 12.1 Å². The second kappa shape index (κ2) is 5.48. The van der Waals surface area contributed by atoms with Gasteiger partial charge in [0.1, 0.15) is 6.29 Å². The third kappa shape index (κ3) is 3.31. The molecular weight excluding hydrogens is 216 g/mol. The van der Waals surface area contributed by atoms with Crippen molar-refractivity contribution in [3.05, 3.63) is 29.3 Å². The van der Waals surface area contributed by atoms with Gasteiger partial charge in [0.2, 0.25) is 5.91 Å². The molecular formula is C13H18N2O2. The zero-order valence-electron chi connectivity index (χ0n) is 10.7. The van der Waals surface area contributed by atoms with Crippen molar-refractivity contribution in [2.45, 2.75) is 6.92 Å². The first kappa shape index (κ1) is 13.2. The Balaban J connectivity index is 2.85. The van der Waals surface area contributed by atoms with Gasteiger partial charge in [0.05, 0.1) is 6.54 Å². The summed E-state index contributed by atoms with van der Waals surface area (Å²) in [6, 6.07) is 5.44. The highest BCUT2D eigenvalue weighted by atomic mass is 16.2. The van der Waals surface area contributed by atoms with Crippen molar-refractivity contribution in [3.63, 3.8) is 0 Å². The molecule has 0 spiro atoms. The molecule has 0 bridgehead atoms. The molecule has 1 aromatic carbocycles. The number of aryl methyl sites for hydroxylation is 1. The van der Waals surface area contributed by atoms with Gasteiger partial charge >= 0.3 is 0 Å².